The van der Waals surface area contributed by atoms with Crippen molar-refractivity contribution in [2.24, 2.45) is 0 Å². The Morgan fingerprint density at radius 2 is 1.82 bits per heavy atom. The molecule has 0 fully saturated rings. The number of esters is 1. The molecule has 0 rings (SSSR count). The van der Waals surface area contributed by atoms with Gasteiger partial charge >= 0.3 is 5.97 Å². The van der Waals surface area contributed by atoms with Crippen LogP contribution < -0.4 is 0 Å². The van der Waals surface area contributed by atoms with Crippen LogP contribution in [0.25, 0.3) is 0 Å². The lowest BCUT2D eigenvalue weighted by molar-refractivity contribution is -0.142. The van der Waals surface area contributed by atoms with Gasteiger partial charge in [-0.25, -0.2) is 0 Å². The first kappa shape index (κ1) is 16.7. The standard InChI is InChI=1S/C14H25BrO2/c1-2-3-4-10-13-17-14(16)11-8-6-5-7-9-12-15/h4,10H,2-3,5-9,11-13H2,1H3/b10-4-. The minimum atomic E-state index is -0.0633. The van der Waals surface area contributed by atoms with Crippen LogP contribution in [0.5, 0.6) is 0 Å². The average Bonchev–Trinajstić information content (AvgIpc) is 2.33. The van der Waals surface area contributed by atoms with Crippen molar-refractivity contribution < 1.29 is 9.53 Å². The van der Waals surface area contributed by atoms with E-state index in [0.717, 1.165) is 31.0 Å². The molecular formula is C14H25BrO2. The summed E-state index contributed by atoms with van der Waals surface area (Å²) >= 11 is 3.41. The monoisotopic (exact) mass is 304 g/mol. The van der Waals surface area contributed by atoms with Crippen LogP contribution in [0.2, 0.25) is 0 Å². The lowest BCUT2D eigenvalue weighted by atomic mass is 10.1. The molecule has 0 N–H and O–H groups in total. The molecule has 0 heterocycles. The van der Waals surface area contributed by atoms with Crippen LogP contribution in [-0.2, 0) is 9.53 Å². The smallest absolute Gasteiger partial charge is 0.306 e. The van der Waals surface area contributed by atoms with E-state index in [1.807, 2.05) is 6.08 Å². The number of carbonyl (C=O) groups excluding carboxylic acids is 1. The van der Waals surface area contributed by atoms with Gasteiger partial charge in [0.25, 0.3) is 0 Å². The molecule has 0 amide bonds. The number of halogens is 1. The summed E-state index contributed by atoms with van der Waals surface area (Å²) in [5.74, 6) is -0.0633. The zero-order chi connectivity index (χ0) is 12.8. The summed E-state index contributed by atoms with van der Waals surface area (Å²) < 4.78 is 5.08. The molecule has 0 aromatic rings. The van der Waals surface area contributed by atoms with Crippen molar-refractivity contribution in [1.82, 2.24) is 0 Å². The van der Waals surface area contributed by atoms with E-state index in [1.165, 1.54) is 19.3 Å². The van der Waals surface area contributed by atoms with Crippen molar-refractivity contribution in [3.63, 3.8) is 0 Å². The summed E-state index contributed by atoms with van der Waals surface area (Å²) in [5.41, 5.74) is 0. The number of rotatable bonds is 11. The van der Waals surface area contributed by atoms with Crippen LogP contribution in [0, 0.1) is 0 Å². The van der Waals surface area contributed by atoms with Gasteiger partial charge in [0.1, 0.15) is 6.61 Å². The third-order valence-electron chi connectivity index (χ3n) is 2.48. The summed E-state index contributed by atoms with van der Waals surface area (Å²) in [4.78, 5) is 11.3. The minimum Gasteiger partial charge on any atom is -0.461 e. The SMILES string of the molecule is CCC/C=C\COC(=O)CCCCCCCBr. The minimum absolute atomic E-state index is 0.0633. The molecular weight excluding hydrogens is 280 g/mol. The largest absolute Gasteiger partial charge is 0.461 e. The summed E-state index contributed by atoms with van der Waals surface area (Å²) in [6, 6.07) is 0. The predicted octanol–water partition coefficient (Wildman–Crippen LogP) is 4.62. The first-order chi connectivity index (χ1) is 8.31. The highest BCUT2D eigenvalue weighted by Gasteiger charge is 2.00. The fourth-order valence-electron chi connectivity index (χ4n) is 1.46. The first-order valence-electron chi connectivity index (χ1n) is 6.67. The summed E-state index contributed by atoms with van der Waals surface area (Å²) in [6.45, 7) is 2.56. The molecule has 0 aliphatic carbocycles. The first-order valence-corrected chi connectivity index (χ1v) is 7.80. The van der Waals surface area contributed by atoms with Gasteiger partial charge in [0.2, 0.25) is 0 Å². The number of allylic oxidation sites excluding steroid dienone is 1. The zero-order valence-electron chi connectivity index (χ0n) is 10.9. The van der Waals surface area contributed by atoms with Gasteiger partial charge in [0.05, 0.1) is 0 Å². The maximum absolute atomic E-state index is 11.3. The van der Waals surface area contributed by atoms with Crippen molar-refractivity contribution in [3.8, 4) is 0 Å². The average molecular weight is 305 g/mol. The Kier molecular flexibility index (Phi) is 13.5. The molecule has 17 heavy (non-hydrogen) atoms. The van der Waals surface area contributed by atoms with Crippen LogP contribution in [0.3, 0.4) is 0 Å². The van der Waals surface area contributed by atoms with E-state index < -0.39 is 0 Å². The Hall–Kier alpha value is -0.310. The topological polar surface area (TPSA) is 26.3 Å². The fourth-order valence-corrected chi connectivity index (χ4v) is 1.86. The fraction of sp³-hybridized carbons (Fsp3) is 0.786. The Morgan fingerprint density at radius 1 is 1.12 bits per heavy atom. The molecule has 0 saturated heterocycles. The Balaban J connectivity index is 3.23. The molecule has 3 heteroatoms. The number of hydrogen-bond acceptors (Lipinski definition) is 2. The van der Waals surface area contributed by atoms with Gasteiger partial charge in [0.15, 0.2) is 0 Å². The third kappa shape index (κ3) is 13.6. The highest BCUT2D eigenvalue weighted by atomic mass is 79.9. The lowest BCUT2D eigenvalue weighted by Gasteiger charge is -2.02. The molecule has 0 aliphatic rings. The number of ether oxygens (including phenoxy) is 1. The Labute approximate surface area is 114 Å². The molecule has 0 radical (unpaired) electrons. The molecule has 0 bridgehead atoms. The highest BCUT2D eigenvalue weighted by molar-refractivity contribution is 9.09. The summed E-state index contributed by atoms with van der Waals surface area (Å²) in [6.07, 6.45) is 12.5. The third-order valence-corrected chi connectivity index (χ3v) is 3.04. The molecule has 0 saturated carbocycles. The number of unbranched alkanes of at least 4 members (excludes halogenated alkanes) is 5. The van der Waals surface area contributed by atoms with Crippen LogP contribution in [-0.4, -0.2) is 17.9 Å². The van der Waals surface area contributed by atoms with E-state index in [0.29, 0.717) is 13.0 Å². The van der Waals surface area contributed by atoms with Gasteiger partial charge in [-0.15, -0.1) is 0 Å². The molecule has 0 aromatic heterocycles. The van der Waals surface area contributed by atoms with Crippen molar-refractivity contribution in [1.29, 1.82) is 0 Å². The van der Waals surface area contributed by atoms with Gasteiger partial charge in [0, 0.05) is 11.8 Å². The molecule has 0 spiro atoms. The van der Waals surface area contributed by atoms with Crippen molar-refractivity contribution >= 4 is 21.9 Å². The molecule has 0 aromatic carbocycles. The second kappa shape index (κ2) is 13.8. The van der Waals surface area contributed by atoms with Gasteiger partial charge in [-0.3, -0.25) is 4.79 Å². The predicted molar refractivity (Wildman–Crippen MR) is 76.5 cm³/mol. The quantitative estimate of drug-likeness (QED) is 0.241. The van der Waals surface area contributed by atoms with Gasteiger partial charge in [-0.1, -0.05) is 60.7 Å². The normalized spacial score (nSPS) is 10.9. The summed E-state index contributed by atoms with van der Waals surface area (Å²) in [7, 11) is 0. The highest BCUT2D eigenvalue weighted by Crippen LogP contribution is 2.07. The molecule has 2 nitrogen and oxygen atoms in total. The Morgan fingerprint density at radius 3 is 2.53 bits per heavy atom. The van der Waals surface area contributed by atoms with E-state index in [9.17, 15) is 4.79 Å². The van der Waals surface area contributed by atoms with E-state index in [-0.39, 0.29) is 5.97 Å². The lowest BCUT2D eigenvalue weighted by Crippen LogP contribution is -2.03. The molecule has 100 valence electrons. The molecule has 0 unspecified atom stereocenters. The number of hydrogen-bond donors (Lipinski definition) is 0. The Bertz CT molecular complexity index is 202. The maximum Gasteiger partial charge on any atom is 0.306 e. The number of carbonyl (C=O) groups is 1. The van der Waals surface area contributed by atoms with E-state index in [2.05, 4.69) is 28.9 Å². The second-order valence-corrected chi connectivity index (χ2v) is 4.94. The number of alkyl halides is 1. The summed E-state index contributed by atoms with van der Waals surface area (Å²) in [5, 5.41) is 1.08. The van der Waals surface area contributed by atoms with E-state index in [1.54, 1.807) is 0 Å². The van der Waals surface area contributed by atoms with Crippen molar-refractivity contribution in [3.05, 3.63) is 12.2 Å². The van der Waals surface area contributed by atoms with Crippen LogP contribution in [0.15, 0.2) is 12.2 Å². The van der Waals surface area contributed by atoms with Crippen LogP contribution in [0.1, 0.15) is 58.3 Å². The van der Waals surface area contributed by atoms with Crippen LogP contribution in [0.4, 0.5) is 0 Å². The van der Waals surface area contributed by atoms with Gasteiger partial charge < -0.3 is 4.74 Å². The second-order valence-electron chi connectivity index (χ2n) is 4.15. The van der Waals surface area contributed by atoms with Crippen LogP contribution >= 0.6 is 15.9 Å². The van der Waals surface area contributed by atoms with E-state index >= 15 is 0 Å². The molecule has 0 atom stereocenters. The van der Waals surface area contributed by atoms with E-state index in [4.69, 9.17) is 4.74 Å². The maximum atomic E-state index is 11.3. The van der Waals surface area contributed by atoms with Crippen molar-refractivity contribution in [2.75, 3.05) is 11.9 Å². The van der Waals surface area contributed by atoms with Gasteiger partial charge in [-0.05, 0) is 19.3 Å². The molecule has 0 aliphatic heterocycles. The zero-order valence-corrected chi connectivity index (χ0v) is 12.5. The van der Waals surface area contributed by atoms with Crippen molar-refractivity contribution in [2.45, 2.75) is 58.3 Å². The van der Waals surface area contributed by atoms with Gasteiger partial charge in [-0.2, -0.15) is 0 Å².